The Bertz CT molecular complexity index is 565. The molecule has 1 aliphatic rings. The van der Waals surface area contributed by atoms with Crippen molar-refractivity contribution in [3.8, 4) is 11.4 Å². The summed E-state index contributed by atoms with van der Waals surface area (Å²) in [4.78, 5) is 4.48. The second kappa shape index (κ2) is 4.82. The quantitative estimate of drug-likeness (QED) is 0.895. The van der Waals surface area contributed by atoms with E-state index in [2.05, 4.69) is 33.8 Å². The zero-order valence-corrected chi connectivity index (χ0v) is 11.5. The first kappa shape index (κ1) is 12.4. The first-order valence-corrected chi connectivity index (χ1v) is 7.07. The standard InChI is InChI=1S/C16H21N3/c1-19-12-11-18-15(19)13-7-3-4-8-14(13)16(17)9-5-2-6-10-16/h3-4,7-8,11-12H,2,5-6,9-10,17H2,1H3. The summed E-state index contributed by atoms with van der Waals surface area (Å²) in [5, 5.41) is 0. The zero-order chi connectivity index (χ0) is 13.3. The molecule has 1 aromatic carbocycles. The summed E-state index contributed by atoms with van der Waals surface area (Å²) in [6.45, 7) is 0. The number of aryl methyl sites for hydroxylation is 1. The molecule has 0 atom stereocenters. The van der Waals surface area contributed by atoms with Gasteiger partial charge in [0.25, 0.3) is 0 Å². The number of imidazole rings is 1. The highest BCUT2D eigenvalue weighted by Crippen LogP contribution is 2.39. The van der Waals surface area contributed by atoms with Crippen LogP contribution in [0, 0.1) is 0 Å². The van der Waals surface area contributed by atoms with Crippen LogP contribution in [0.2, 0.25) is 0 Å². The second-order valence-electron chi connectivity index (χ2n) is 5.62. The third-order valence-corrected chi connectivity index (χ3v) is 4.27. The molecule has 0 amide bonds. The van der Waals surface area contributed by atoms with E-state index in [1.54, 1.807) is 0 Å². The third kappa shape index (κ3) is 2.19. The molecule has 2 N–H and O–H groups in total. The van der Waals surface area contributed by atoms with Gasteiger partial charge in [0.1, 0.15) is 5.82 Å². The Balaban J connectivity index is 2.09. The highest BCUT2D eigenvalue weighted by molar-refractivity contribution is 5.62. The van der Waals surface area contributed by atoms with Gasteiger partial charge in [-0.2, -0.15) is 0 Å². The van der Waals surface area contributed by atoms with Crippen LogP contribution in [0.25, 0.3) is 11.4 Å². The van der Waals surface area contributed by atoms with Crippen LogP contribution in [0.3, 0.4) is 0 Å². The van der Waals surface area contributed by atoms with Crippen molar-refractivity contribution < 1.29 is 0 Å². The SMILES string of the molecule is Cn1ccnc1-c1ccccc1C1(N)CCCCC1. The number of nitrogens with zero attached hydrogens (tertiary/aromatic N) is 2. The Labute approximate surface area is 114 Å². The zero-order valence-electron chi connectivity index (χ0n) is 11.5. The molecule has 0 aliphatic heterocycles. The molecular formula is C16H21N3. The Kier molecular flexibility index (Phi) is 3.15. The monoisotopic (exact) mass is 255 g/mol. The van der Waals surface area contributed by atoms with Crippen molar-refractivity contribution in [2.45, 2.75) is 37.6 Å². The number of hydrogen-bond donors (Lipinski definition) is 1. The molecule has 3 nitrogen and oxygen atoms in total. The third-order valence-electron chi connectivity index (χ3n) is 4.27. The van der Waals surface area contributed by atoms with Crippen LogP contribution in [-0.2, 0) is 12.6 Å². The van der Waals surface area contributed by atoms with E-state index in [-0.39, 0.29) is 5.54 Å². The fourth-order valence-corrected chi connectivity index (χ4v) is 3.19. The average Bonchev–Trinajstić information content (AvgIpc) is 2.86. The lowest BCUT2D eigenvalue weighted by Crippen LogP contribution is -2.39. The van der Waals surface area contributed by atoms with Gasteiger partial charge in [-0.3, -0.25) is 0 Å². The first-order valence-electron chi connectivity index (χ1n) is 7.07. The first-order chi connectivity index (χ1) is 9.21. The van der Waals surface area contributed by atoms with Crippen molar-refractivity contribution in [1.82, 2.24) is 9.55 Å². The van der Waals surface area contributed by atoms with Crippen LogP contribution in [0.1, 0.15) is 37.7 Å². The van der Waals surface area contributed by atoms with Crippen molar-refractivity contribution >= 4 is 0 Å². The minimum absolute atomic E-state index is 0.180. The Morgan fingerprint density at radius 3 is 2.58 bits per heavy atom. The van der Waals surface area contributed by atoms with Crippen LogP contribution >= 0.6 is 0 Å². The van der Waals surface area contributed by atoms with Crippen molar-refractivity contribution in [1.29, 1.82) is 0 Å². The largest absolute Gasteiger partial charge is 0.334 e. The lowest BCUT2D eigenvalue weighted by atomic mass is 9.75. The molecule has 2 aromatic rings. The molecule has 19 heavy (non-hydrogen) atoms. The predicted octanol–water partition coefficient (Wildman–Crippen LogP) is 3.21. The van der Waals surface area contributed by atoms with E-state index in [0.717, 1.165) is 18.7 Å². The number of benzene rings is 1. The summed E-state index contributed by atoms with van der Waals surface area (Å²) >= 11 is 0. The van der Waals surface area contributed by atoms with Crippen molar-refractivity contribution in [2.75, 3.05) is 0 Å². The Morgan fingerprint density at radius 1 is 1.16 bits per heavy atom. The Hall–Kier alpha value is -1.61. The molecule has 1 saturated carbocycles. The minimum Gasteiger partial charge on any atom is -0.334 e. The number of aromatic nitrogens is 2. The predicted molar refractivity (Wildman–Crippen MR) is 77.6 cm³/mol. The van der Waals surface area contributed by atoms with Gasteiger partial charge in [-0.25, -0.2) is 4.98 Å². The maximum absolute atomic E-state index is 6.70. The van der Waals surface area contributed by atoms with Crippen LogP contribution in [0.4, 0.5) is 0 Å². The molecule has 3 heteroatoms. The van der Waals surface area contributed by atoms with Crippen molar-refractivity contribution in [3.63, 3.8) is 0 Å². The molecule has 1 fully saturated rings. The van der Waals surface area contributed by atoms with Gasteiger partial charge in [0.15, 0.2) is 0 Å². The number of nitrogens with two attached hydrogens (primary N) is 1. The maximum atomic E-state index is 6.70. The highest BCUT2D eigenvalue weighted by atomic mass is 15.0. The molecule has 1 aliphatic carbocycles. The smallest absolute Gasteiger partial charge is 0.139 e. The molecule has 0 spiro atoms. The van der Waals surface area contributed by atoms with Gasteiger partial charge in [0.2, 0.25) is 0 Å². The maximum Gasteiger partial charge on any atom is 0.139 e. The van der Waals surface area contributed by atoms with E-state index < -0.39 is 0 Å². The highest BCUT2D eigenvalue weighted by Gasteiger charge is 2.32. The molecule has 0 radical (unpaired) electrons. The van der Waals surface area contributed by atoms with E-state index in [9.17, 15) is 0 Å². The average molecular weight is 255 g/mol. The summed E-state index contributed by atoms with van der Waals surface area (Å²) in [5.74, 6) is 1.01. The topological polar surface area (TPSA) is 43.8 Å². The molecule has 0 bridgehead atoms. The minimum atomic E-state index is -0.180. The van der Waals surface area contributed by atoms with Gasteiger partial charge in [0.05, 0.1) is 0 Å². The van der Waals surface area contributed by atoms with Crippen molar-refractivity contribution in [2.24, 2.45) is 12.8 Å². The van der Waals surface area contributed by atoms with Crippen LogP contribution in [-0.4, -0.2) is 9.55 Å². The van der Waals surface area contributed by atoms with Gasteiger partial charge in [-0.05, 0) is 18.4 Å². The molecular weight excluding hydrogens is 234 g/mol. The van der Waals surface area contributed by atoms with E-state index in [1.807, 2.05) is 19.4 Å². The van der Waals surface area contributed by atoms with Crippen LogP contribution in [0.15, 0.2) is 36.7 Å². The summed E-state index contributed by atoms with van der Waals surface area (Å²) in [6.07, 6.45) is 9.75. The van der Waals surface area contributed by atoms with E-state index in [4.69, 9.17) is 5.73 Å². The van der Waals surface area contributed by atoms with Gasteiger partial charge in [-0.15, -0.1) is 0 Å². The molecule has 0 saturated heterocycles. The lowest BCUT2D eigenvalue weighted by molar-refractivity contribution is 0.303. The van der Waals surface area contributed by atoms with Gasteiger partial charge in [-0.1, -0.05) is 43.5 Å². The number of rotatable bonds is 2. The van der Waals surface area contributed by atoms with Crippen LogP contribution in [0.5, 0.6) is 0 Å². The molecule has 1 aromatic heterocycles. The van der Waals surface area contributed by atoms with Gasteiger partial charge < -0.3 is 10.3 Å². The molecule has 3 rings (SSSR count). The van der Waals surface area contributed by atoms with Crippen LogP contribution < -0.4 is 5.73 Å². The normalized spacial score (nSPS) is 18.4. The molecule has 0 unspecified atom stereocenters. The second-order valence-corrected chi connectivity index (χ2v) is 5.62. The van der Waals surface area contributed by atoms with E-state index in [1.165, 1.54) is 30.4 Å². The summed E-state index contributed by atoms with van der Waals surface area (Å²) in [5.41, 5.74) is 8.95. The van der Waals surface area contributed by atoms with Crippen molar-refractivity contribution in [3.05, 3.63) is 42.2 Å². The fourth-order valence-electron chi connectivity index (χ4n) is 3.19. The van der Waals surface area contributed by atoms with E-state index in [0.29, 0.717) is 0 Å². The van der Waals surface area contributed by atoms with E-state index >= 15 is 0 Å². The lowest BCUT2D eigenvalue weighted by Gasteiger charge is -2.35. The van der Waals surface area contributed by atoms with Gasteiger partial charge in [0, 0.05) is 30.5 Å². The summed E-state index contributed by atoms with van der Waals surface area (Å²) in [6, 6.07) is 8.47. The Morgan fingerprint density at radius 2 is 1.89 bits per heavy atom. The molecule has 100 valence electrons. The number of hydrogen-bond acceptors (Lipinski definition) is 2. The summed E-state index contributed by atoms with van der Waals surface area (Å²) < 4.78 is 2.06. The molecule has 1 heterocycles. The summed E-state index contributed by atoms with van der Waals surface area (Å²) in [7, 11) is 2.03. The fraction of sp³-hybridized carbons (Fsp3) is 0.438. The van der Waals surface area contributed by atoms with Gasteiger partial charge >= 0.3 is 0 Å².